The van der Waals surface area contributed by atoms with Crippen LogP contribution in [0.15, 0.2) is 60.2 Å². The van der Waals surface area contributed by atoms with Crippen LogP contribution in [0.3, 0.4) is 0 Å². The summed E-state index contributed by atoms with van der Waals surface area (Å²) in [5, 5.41) is 6.28. The lowest BCUT2D eigenvalue weighted by atomic mass is 10.3. The summed E-state index contributed by atoms with van der Waals surface area (Å²) in [6, 6.07) is 9.56. The van der Waals surface area contributed by atoms with E-state index in [2.05, 4.69) is 27.2 Å². The monoisotopic (exact) mass is 456 g/mol. The van der Waals surface area contributed by atoms with Crippen LogP contribution in [-0.4, -0.2) is 24.0 Å². The van der Waals surface area contributed by atoms with Crippen molar-refractivity contribution in [3.63, 3.8) is 0 Å². The molecule has 0 aliphatic carbocycles. The van der Waals surface area contributed by atoms with Crippen LogP contribution in [0.1, 0.15) is 12.5 Å². The maximum Gasteiger partial charge on any atom is 0.219 e. The molecule has 25 heavy (non-hydrogen) atoms. The Bertz CT molecular complexity index is 692. The first-order valence-electron chi connectivity index (χ1n) is 7.72. The van der Waals surface area contributed by atoms with Crippen LogP contribution in [0, 0.1) is 5.82 Å². The topological polar surface area (TPSA) is 58.5 Å². The average molecular weight is 456 g/mol. The zero-order valence-corrected chi connectivity index (χ0v) is 16.4. The lowest BCUT2D eigenvalue weighted by Crippen LogP contribution is -2.37. The molecule has 0 unspecified atom stereocenters. The van der Waals surface area contributed by atoms with Gasteiger partial charge in [-0.05, 0) is 24.6 Å². The van der Waals surface area contributed by atoms with Crippen molar-refractivity contribution in [2.24, 2.45) is 4.99 Å². The molecular formula is C18H22FIN4O. The molecule has 1 heterocycles. The van der Waals surface area contributed by atoms with Crippen molar-refractivity contribution >= 4 is 29.9 Å². The normalized spacial score (nSPS) is 10.6. The minimum absolute atomic E-state index is 0. The highest BCUT2D eigenvalue weighted by Gasteiger charge is 2.01. The highest BCUT2D eigenvalue weighted by Crippen LogP contribution is 2.20. The first-order chi connectivity index (χ1) is 11.7. The van der Waals surface area contributed by atoms with Gasteiger partial charge in [0, 0.05) is 31.4 Å². The molecule has 0 amide bonds. The molecule has 2 aromatic rings. The molecule has 0 fully saturated rings. The largest absolute Gasteiger partial charge is 0.439 e. The zero-order chi connectivity index (χ0) is 17.2. The predicted octanol–water partition coefficient (Wildman–Crippen LogP) is 3.87. The van der Waals surface area contributed by atoms with Gasteiger partial charge in [-0.2, -0.15) is 0 Å². The quantitative estimate of drug-likeness (QED) is 0.288. The SMILES string of the molecule is C=CCNC(=NCc1ccc(Oc2cccc(F)c2)nc1)NCC.I. The summed E-state index contributed by atoms with van der Waals surface area (Å²) in [6.45, 7) is 7.58. The van der Waals surface area contributed by atoms with Crippen molar-refractivity contribution in [3.8, 4) is 11.6 Å². The predicted molar refractivity (Wildman–Crippen MR) is 109 cm³/mol. The molecule has 0 radical (unpaired) electrons. The zero-order valence-electron chi connectivity index (χ0n) is 14.0. The molecule has 1 aromatic heterocycles. The number of aromatic nitrogens is 1. The summed E-state index contributed by atoms with van der Waals surface area (Å²) in [6.07, 6.45) is 3.46. The number of rotatable bonds is 7. The second-order valence-corrected chi connectivity index (χ2v) is 4.93. The molecule has 0 saturated heterocycles. The maximum absolute atomic E-state index is 13.1. The Balaban J connectivity index is 0.00000312. The van der Waals surface area contributed by atoms with Crippen LogP contribution in [0.25, 0.3) is 0 Å². The Morgan fingerprint density at radius 1 is 1.32 bits per heavy atom. The van der Waals surface area contributed by atoms with Crippen LogP contribution < -0.4 is 15.4 Å². The van der Waals surface area contributed by atoms with Crippen LogP contribution >= 0.6 is 24.0 Å². The Labute approximate surface area is 164 Å². The van der Waals surface area contributed by atoms with E-state index in [9.17, 15) is 4.39 Å². The van der Waals surface area contributed by atoms with Gasteiger partial charge >= 0.3 is 0 Å². The number of ether oxygens (including phenoxy) is 1. The van der Waals surface area contributed by atoms with Crippen LogP contribution in [0.4, 0.5) is 4.39 Å². The van der Waals surface area contributed by atoms with E-state index in [1.807, 2.05) is 13.0 Å². The van der Waals surface area contributed by atoms with Gasteiger partial charge < -0.3 is 15.4 Å². The van der Waals surface area contributed by atoms with Gasteiger partial charge in [0.05, 0.1) is 6.54 Å². The van der Waals surface area contributed by atoms with Crippen LogP contribution in [0.5, 0.6) is 11.6 Å². The number of nitrogens with zero attached hydrogens (tertiary/aromatic N) is 2. The molecule has 0 aliphatic rings. The lowest BCUT2D eigenvalue weighted by Gasteiger charge is -2.09. The van der Waals surface area contributed by atoms with Crippen molar-refractivity contribution < 1.29 is 9.13 Å². The minimum Gasteiger partial charge on any atom is -0.439 e. The Morgan fingerprint density at radius 2 is 2.16 bits per heavy atom. The fraction of sp³-hybridized carbons (Fsp3) is 0.222. The fourth-order valence-corrected chi connectivity index (χ4v) is 1.90. The average Bonchev–Trinajstić information content (AvgIpc) is 2.59. The number of benzene rings is 1. The molecule has 7 heteroatoms. The summed E-state index contributed by atoms with van der Waals surface area (Å²) < 4.78 is 18.6. The van der Waals surface area contributed by atoms with Crippen LogP contribution in [0.2, 0.25) is 0 Å². The molecule has 2 N–H and O–H groups in total. The first-order valence-corrected chi connectivity index (χ1v) is 7.72. The Morgan fingerprint density at radius 3 is 2.80 bits per heavy atom. The summed E-state index contributed by atoms with van der Waals surface area (Å²) in [5.74, 6) is 1.19. The van der Waals surface area contributed by atoms with Gasteiger partial charge in [-0.25, -0.2) is 14.4 Å². The lowest BCUT2D eigenvalue weighted by molar-refractivity contribution is 0.457. The fourth-order valence-electron chi connectivity index (χ4n) is 1.90. The van der Waals surface area contributed by atoms with E-state index in [4.69, 9.17) is 4.74 Å². The highest BCUT2D eigenvalue weighted by atomic mass is 127. The van der Waals surface area contributed by atoms with Gasteiger partial charge in [0.25, 0.3) is 0 Å². The van der Waals surface area contributed by atoms with E-state index in [1.54, 1.807) is 30.5 Å². The minimum atomic E-state index is -0.346. The number of nitrogens with one attached hydrogen (secondary N) is 2. The molecule has 0 aliphatic heterocycles. The standard InChI is InChI=1S/C18H21FN4O.HI/c1-3-10-21-18(20-4-2)23-13-14-8-9-17(22-12-14)24-16-7-5-6-15(19)11-16;/h3,5-9,11-12H,1,4,10,13H2,2H3,(H2,20,21,23);1H. The maximum atomic E-state index is 13.1. The van der Waals surface area contributed by atoms with Crippen molar-refractivity contribution in [2.75, 3.05) is 13.1 Å². The van der Waals surface area contributed by atoms with Crippen molar-refractivity contribution in [2.45, 2.75) is 13.5 Å². The second kappa shape index (κ2) is 11.4. The van der Waals surface area contributed by atoms with E-state index in [0.29, 0.717) is 24.7 Å². The molecule has 0 spiro atoms. The molecule has 5 nitrogen and oxygen atoms in total. The number of pyridine rings is 1. The molecular weight excluding hydrogens is 434 g/mol. The van der Waals surface area contributed by atoms with Gasteiger partial charge in [-0.3, -0.25) is 0 Å². The molecule has 0 atom stereocenters. The molecule has 2 rings (SSSR count). The van der Waals surface area contributed by atoms with Crippen molar-refractivity contribution in [1.29, 1.82) is 0 Å². The van der Waals surface area contributed by atoms with Crippen LogP contribution in [-0.2, 0) is 6.54 Å². The number of hydrogen-bond acceptors (Lipinski definition) is 3. The smallest absolute Gasteiger partial charge is 0.219 e. The first kappa shape index (κ1) is 20.9. The number of guanidine groups is 1. The molecule has 1 aromatic carbocycles. The third kappa shape index (κ3) is 7.51. The van der Waals surface area contributed by atoms with Crippen molar-refractivity contribution in [1.82, 2.24) is 15.6 Å². The van der Waals surface area contributed by atoms with Gasteiger partial charge in [0.15, 0.2) is 5.96 Å². The number of hydrogen-bond donors (Lipinski definition) is 2. The third-order valence-corrected chi connectivity index (χ3v) is 2.99. The summed E-state index contributed by atoms with van der Waals surface area (Å²) in [4.78, 5) is 8.68. The van der Waals surface area contributed by atoms with E-state index in [1.165, 1.54) is 12.1 Å². The number of halogens is 2. The van der Waals surface area contributed by atoms with E-state index < -0.39 is 0 Å². The molecule has 0 bridgehead atoms. The Kier molecular flexibility index (Phi) is 9.53. The Hall–Kier alpha value is -2.16. The van der Waals surface area contributed by atoms with Gasteiger partial charge in [0.2, 0.25) is 5.88 Å². The van der Waals surface area contributed by atoms with Gasteiger partial charge in [-0.1, -0.05) is 18.2 Å². The summed E-state index contributed by atoms with van der Waals surface area (Å²) in [7, 11) is 0. The van der Waals surface area contributed by atoms with Gasteiger partial charge in [-0.15, -0.1) is 30.6 Å². The van der Waals surface area contributed by atoms with E-state index in [-0.39, 0.29) is 29.8 Å². The molecule has 0 saturated carbocycles. The van der Waals surface area contributed by atoms with Gasteiger partial charge in [0.1, 0.15) is 11.6 Å². The number of aliphatic imine (C=N–C) groups is 1. The second-order valence-electron chi connectivity index (χ2n) is 4.93. The summed E-state index contributed by atoms with van der Waals surface area (Å²) >= 11 is 0. The van der Waals surface area contributed by atoms with E-state index >= 15 is 0 Å². The molecule has 134 valence electrons. The highest BCUT2D eigenvalue weighted by molar-refractivity contribution is 14.0. The van der Waals surface area contributed by atoms with E-state index in [0.717, 1.165) is 18.1 Å². The summed E-state index contributed by atoms with van der Waals surface area (Å²) in [5.41, 5.74) is 0.942. The van der Waals surface area contributed by atoms with Crippen molar-refractivity contribution in [3.05, 3.63) is 66.6 Å². The third-order valence-electron chi connectivity index (χ3n) is 2.99.